The second-order valence-electron chi connectivity index (χ2n) is 9.54. The van der Waals surface area contributed by atoms with E-state index in [9.17, 15) is 0 Å². The normalized spacial score (nSPS) is 12.6. The molecule has 2 aliphatic rings. The summed E-state index contributed by atoms with van der Waals surface area (Å²) in [4.78, 5) is 2.25. The van der Waals surface area contributed by atoms with Gasteiger partial charge in [0, 0.05) is 0 Å². The van der Waals surface area contributed by atoms with Gasteiger partial charge in [-0.1, -0.05) is 0 Å². The number of nitrogens with zero attached hydrogens (tertiary/aromatic N) is 1. The molecule has 0 unspecified atom stereocenters. The molecular weight excluding hydrogens is 573 g/mol. The summed E-state index contributed by atoms with van der Waals surface area (Å²) >= 11 is -2.58. The molecule has 1 nitrogen and oxygen atoms in total. The summed E-state index contributed by atoms with van der Waals surface area (Å²) in [5.41, 5.74) is 9.98. The van der Waals surface area contributed by atoms with Crippen molar-refractivity contribution in [2.75, 3.05) is 14.1 Å². The van der Waals surface area contributed by atoms with Crippen LogP contribution in [0.25, 0.3) is 11.1 Å². The molecule has 0 saturated carbocycles. The third-order valence-electron chi connectivity index (χ3n) is 7.19. The second kappa shape index (κ2) is 11.9. The first kappa shape index (κ1) is 27.5. The zero-order valence-corrected chi connectivity index (χ0v) is 25.1. The van der Waals surface area contributed by atoms with E-state index in [-0.39, 0.29) is 24.8 Å². The fourth-order valence-corrected chi connectivity index (χ4v) is 13.5. The summed E-state index contributed by atoms with van der Waals surface area (Å²) in [7, 11) is 4.31. The zero-order chi connectivity index (χ0) is 23.8. The molecule has 0 heterocycles. The third-order valence-corrected chi connectivity index (χ3v) is 14.7. The van der Waals surface area contributed by atoms with Crippen LogP contribution in [0.15, 0.2) is 124 Å². The predicted octanol–water partition coefficient (Wildman–Crippen LogP) is 0.511. The molecule has 2 aliphatic carbocycles. The quantitative estimate of drug-likeness (QED) is 0.284. The Morgan fingerprint density at radius 3 is 1.89 bits per heavy atom. The van der Waals surface area contributed by atoms with Gasteiger partial charge in [-0.25, -0.2) is 0 Å². The second-order valence-corrected chi connectivity index (χ2v) is 15.5. The van der Waals surface area contributed by atoms with Crippen molar-refractivity contribution in [2.45, 2.75) is 12.8 Å². The van der Waals surface area contributed by atoms with Crippen molar-refractivity contribution in [1.29, 1.82) is 0 Å². The van der Waals surface area contributed by atoms with Crippen LogP contribution < -0.4 is 28.1 Å². The summed E-state index contributed by atoms with van der Waals surface area (Å²) in [6, 6.07) is 38.4. The smallest absolute Gasteiger partial charge is 1.00 e. The van der Waals surface area contributed by atoms with Crippen LogP contribution in [0.4, 0.5) is 0 Å². The molecule has 6 rings (SSSR count). The van der Waals surface area contributed by atoms with Gasteiger partial charge in [0.05, 0.1) is 0 Å². The Hall–Kier alpha value is -2.51. The maximum Gasteiger partial charge on any atom is -1.00 e. The van der Waals surface area contributed by atoms with Gasteiger partial charge in [0.15, 0.2) is 0 Å². The number of likely N-dealkylation sites (N-methyl/N-ethyl adjacent to an activating group) is 1. The molecule has 0 atom stereocenters. The average molecular weight is 602 g/mol. The Labute approximate surface area is 240 Å². The molecule has 0 bridgehead atoms. The van der Waals surface area contributed by atoms with Gasteiger partial charge in [0.25, 0.3) is 0 Å². The molecule has 184 valence electrons. The monoisotopic (exact) mass is 599 g/mol. The Morgan fingerprint density at radius 1 is 0.676 bits per heavy atom. The molecule has 0 radical (unpaired) electrons. The molecule has 0 aliphatic heterocycles. The average Bonchev–Trinajstić information content (AvgIpc) is 3.54. The molecule has 4 aromatic carbocycles. The number of halogens is 2. The number of hydrogen-bond donors (Lipinski definition) is 0. The number of benzene rings is 4. The molecule has 0 saturated heterocycles. The first-order valence-corrected chi connectivity index (χ1v) is 16.0. The predicted molar refractivity (Wildman–Crippen MR) is 145 cm³/mol. The van der Waals surface area contributed by atoms with E-state index in [1.807, 2.05) is 0 Å². The van der Waals surface area contributed by atoms with Gasteiger partial charge in [-0.15, -0.1) is 0 Å². The largest absolute Gasteiger partial charge is 1.00 e. The van der Waals surface area contributed by atoms with Gasteiger partial charge >= 0.3 is 217 Å². The Morgan fingerprint density at radius 2 is 1.27 bits per heavy atom. The molecular formula is C33H29Cl2NZr. The van der Waals surface area contributed by atoms with Gasteiger partial charge in [0.2, 0.25) is 0 Å². The van der Waals surface area contributed by atoms with Gasteiger partial charge in [-0.3, -0.25) is 0 Å². The van der Waals surface area contributed by atoms with Crippen molar-refractivity contribution in [3.05, 3.63) is 147 Å². The van der Waals surface area contributed by atoms with Gasteiger partial charge in [-0.2, -0.15) is 0 Å². The minimum Gasteiger partial charge on any atom is -1.00 e. The minimum absolute atomic E-state index is 0. The van der Waals surface area contributed by atoms with Crippen LogP contribution in [0, 0.1) is 0 Å². The molecule has 0 spiro atoms. The van der Waals surface area contributed by atoms with Crippen molar-refractivity contribution in [1.82, 2.24) is 4.90 Å². The van der Waals surface area contributed by atoms with E-state index in [1.54, 1.807) is 15.3 Å². The van der Waals surface area contributed by atoms with E-state index in [0.717, 1.165) is 12.8 Å². The first-order chi connectivity index (χ1) is 17.2. The van der Waals surface area contributed by atoms with E-state index >= 15 is 0 Å². The fourth-order valence-electron chi connectivity index (χ4n) is 5.52. The van der Waals surface area contributed by atoms with Crippen LogP contribution in [0.3, 0.4) is 0 Å². The van der Waals surface area contributed by atoms with Crippen LogP contribution in [-0.2, 0) is 27.7 Å². The maximum absolute atomic E-state index is 2.58. The molecule has 0 N–H and O–H groups in total. The summed E-state index contributed by atoms with van der Waals surface area (Å²) in [5.74, 6) is 0. The number of hydrogen-bond acceptors (Lipinski definition) is 1. The van der Waals surface area contributed by atoms with E-state index in [4.69, 9.17) is 0 Å². The van der Waals surface area contributed by atoms with E-state index < -0.39 is 21.3 Å². The number of rotatable bonds is 5. The summed E-state index contributed by atoms with van der Waals surface area (Å²) in [5, 5.41) is 0. The number of allylic oxidation sites excluding steroid dienone is 3. The zero-order valence-electron chi connectivity index (χ0n) is 21.1. The van der Waals surface area contributed by atoms with Crippen molar-refractivity contribution >= 4 is 6.48 Å². The topological polar surface area (TPSA) is 3.24 Å². The molecule has 0 aromatic heterocycles. The first-order valence-electron chi connectivity index (χ1n) is 12.3. The molecule has 37 heavy (non-hydrogen) atoms. The van der Waals surface area contributed by atoms with Gasteiger partial charge in [-0.05, 0) is 0 Å². The summed E-state index contributed by atoms with van der Waals surface area (Å²) in [6.45, 7) is 0. The van der Waals surface area contributed by atoms with Gasteiger partial charge < -0.3 is 24.8 Å². The van der Waals surface area contributed by atoms with E-state index in [0.29, 0.717) is 0 Å². The van der Waals surface area contributed by atoms with Crippen LogP contribution in [0.5, 0.6) is 0 Å². The van der Waals surface area contributed by atoms with Crippen LogP contribution in [0.1, 0.15) is 28.7 Å². The van der Waals surface area contributed by atoms with Crippen molar-refractivity contribution in [3.63, 3.8) is 0 Å². The fraction of sp³-hybridized carbons (Fsp3) is 0.121. The maximum atomic E-state index is 2.50. The molecule has 0 fully saturated rings. The standard InChI is InChI=1S/C13H9.C13H10.C7H10N.2ClH.Zr/c1-3-7-12-10(5-1)9-11-6-2-4-8-13(11)12;1-3-7-12(8-4-1)11-13-9-5-2-6-10-13;1-8(2)7-5-3-4-6-7;;;/h1-5,7-8H,9H2;1-10H;5-6H,3H2,1-2H3;2*1H;/q;;;;;+2/p-2. The van der Waals surface area contributed by atoms with E-state index in [2.05, 4.69) is 134 Å². The van der Waals surface area contributed by atoms with Crippen molar-refractivity contribution in [3.8, 4) is 11.1 Å². The molecule has 4 heteroatoms. The van der Waals surface area contributed by atoms with Crippen LogP contribution in [0.2, 0.25) is 0 Å². The van der Waals surface area contributed by atoms with E-state index in [1.165, 1.54) is 33.5 Å². The SMILES string of the molecule is CN(C)C1=CC[C]([Zr+2](=[C](c2ccccc2)c2ccccc2)[c]2cccc3c2Cc2ccccc2-3)=C1.[Cl-].[Cl-]. The third kappa shape index (κ3) is 5.26. The summed E-state index contributed by atoms with van der Waals surface area (Å²) < 4.78 is 4.87. The minimum atomic E-state index is -2.58. The number of fused-ring (bicyclic) bond motifs is 3. The van der Waals surface area contributed by atoms with Crippen LogP contribution >= 0.6 is 0 Å². The Bertz CT molecular complexity index is 1460. The van der Waals surface area contributed by atoms with Crippen molar-refractivity contribution in [2.24, 2.45) is 0 Å². The molecule has 0 amide bonds. The molecule has 4 aromatic rings. The Kier molecular flexibility index (Phi) is 8.86. The summed E-state index contributed by atoms with van der Waals surface area (Å²) in [6.07, 6.45) is 7.02. The Balaban J connectivity index is 0.00000160. The van der Waals surface area contributed by atoms with Crippen molar-refractivity contribution < 1.29 is 46.1 Å². The van der Waals surface area contributed by atoms with Crippen LogP contribution in [-0.4, -0.2) is 22.2 Å². The van der Waals surface area contributed by atoms with Gasteiger partial charge in [0.1, 0.15) is 0 Å².